The second-order valence-electron chi connectivity index (χ2n) is 15.4. The highest BCUT2D eigenvalue weighted by Crippen LogP contribution is 2.69. The molecule has 0 aromatic heterocycles. The predicted octanol–water partition coefficient (Wildman–Crippen LogP) is 8.91. The van der Waals surface area contributed by atoms with E-state index in [0.717, 1.165) is 51.4 Å². The summed E-state index contributed by atoms with van der Waals surface area (Å²) in [5, 5.41) is 10.5. The number of alkyl halides is 3. The highest BCUT2D eigenvalue weighted by molar-refractivity contribution is 6.74. The van der Waals surface area contributed by atoms with Crippen molar-refractivity contribution < 1.29 is 22.7 Å². The molecule has 36 heavy (non-hydrogen) atoms. The maximum absolute atomic E-state index is 13.6. The topological polar surface area (TPSA) is 29.5 Å². The first kappa shape index (κ1) is 28.7. The second kappa shape index (κ2) is 8.84. The molecule has 4 aliphatic rings. The third-order valence-electron chi connectivity index (χ3n) is 12.2. The number of fused-ring (bicyclic) bond motifs is 5. The van der Waals surface area contributed by atoms with Gasteiger partial charge in [-0.1, -0.05) is 60.1 Å². The third kappa shape index (κ3) is 4.47. The minimum atomic E-state index is -4.57. The van der Waals surface area contributed by atoms with Gasteiger partial charge in [-0.05, 0) is 104 Å². The average molecular weight is 529 g/mol. The van der Waals surface area contributed by atoms with Crippen molar-refractivity contribution in [2.45, 2.75) is 136 Å². The van der Waals surface area contributed by atoms with Gasteiger partial charge in [-0.2, -0.15) is 13.2 Å². The van der Waals surface area contributed by atoms with Crippen molar-refractivity contribution in [3.8, 4) is 0 Å². The number of halogens is 3. The van der Waals surface area contributed by atoms with Crippen molar-refractivity contribution >= 4 is 8.32 Å². The van der Waals surface area contributed by atoms with Crippen molar-refractivity contribution in [2.24, 2.45) is 39.9 Å². The Morgan fingerprint density at radius 1 is 0.972 bits per heavy atom. The lowest BCUT2D eigenvalue weighted by Gasteiger charge is -2.59. The van der Waals surface area contributed by atoms with Crippen LogP contribution in [0.4, 0.5) is 13.2 Å². The second-order valence-corrected chi connectivity index (χ2v) is 20.2. The molecule has 2 unspecified atom stereocenters. The molecule has 0 bridgehead atoms. The molecule has 2 nitrogen and oxygen atoms in total. The van der Waals surface area contributed by atoms with Gasteiger partial charge >= 0.3 is 6.18 Å². The van der Waals surface area contributed by atoms with Gasteiger partial charge in [-0.25, -0.2) is 0 Å². The quantitative estimate of drug-likeness (QED) is 0.292. The number of rotatable bonds is 4. The van der Waals surface area contributed by atoms with E-state index in [0.29, 0.717) is 23.9 Å². The third-order valence-corrected chi connectivity index (χ3v) is 16.8. The molecule has 3 fully saturated rings. The van der Waals surface area contributed by atoms with Crippen molar-refractivity contribution in [1.82, 2.24) is 0 Å². The summed E-state index contributed by atoms with van der Waals surface area (Å²) in [5.41, 5.74) is 0.468. The minimum Gasteiger partial charge on any atom is -0.414 e. The van der Waals surface area contributed by atoms with Gasteiger partial charge < -0.3 is 9.53 Å². The van der Waals surface area contributed by atoms with E-state index < -0.39 is 26.0 Å². The first-order valence-electron chi connectivity index (χ1n) is 14.4. The summed E-state index contributed by atoms with van der Waals surface area (Å²) in [6.45, 7) is 19.6. The Kier molecular flexibility index (Phi) is 7.04. The molecule has 0 heterocycles. The maximum atomic E-state index is 13.6. The smallest absolute Gasteiger partial charge is 0.414 e. The summed E-state index contributed by atoms with van der Waals surface area (Å²) in [4.78, 5) is 0. The molecular formula is C30H51F3O2Si. The highest BCUT2D eigenvalue weighted by Gasteiger charge is 2.64. The van der Waals surface area contributed by atoms with E-state index in [2.05, 4.69) is 53.8 Å². The summed E-state index contributed by atoms with van der Waals surface area (Å²) in [7, 11) is -1.81. The van der Waals surface area contributed by atoms with Gasteiger partial charge in [0.25, 0.3) is 0 Å². The molecule has 0 aromatic rings. The summed E-state index contributed by atoms with van der Waals surface area (Å²) >= 11 is 0. The molecule has 0 aliphatic heterocycles. The average Bonchev–Trinajstić information content (AvgIpc) is 3.10. The van der Waals surface area contributed by atoms with E-state index in [1.807, 2.05) is 0 Å². The lowest BCUT2D eigenvalue weighted by Crippen LogP contribution is -2.54. The first-order valence-corrected chi connectivity index (χ1v) is 17.3. The molecule has 6 heteroatoms. The Morgan fingerprint density at radius 2 is 1.61 bits per heavy atom. The van der Waals surface area contributed by atoms with E-state index in [-0.39, 0.29) is 21.8 Å². The molecule has 0 saturated heterocycles. The zero-order valence-corrected chi connectivity index (χ0v) is 25.2. The summed E-state index contributed by atoms with van der Waals surface area (Å²) in [5.74, 6) is 1.48. The normalized spacial score (nSPS) is 40.7. The largest absolute Gasteiger partial charge is 0.414 e. The van der Waals surface area contributed by atoms with Gasteiger partial charge in [0.2, 0.25) is 0 Å². The molecule has 3 saturated carbocycles. The fourth-order valence-corrected chi connectivity index (χ4v) is 10.5. The number of aliphatic hydroxyl groups excluding tert-OH is 1. The van der Waals surface area contributed by atoms with Crippen LogP contribution in [-0.4, -0.2) is 31.8 Å². The summed E-state index contributed by atoms with van der Waals surface area (Å²) in [6, 6.07) is 0. The Balaban J connectivity index is 1.54. The number of allylic oxidation sites excluding steroid dienone is 1. The number of hydrogen-bond donors (Lipinski definition) is 1. The Morgan fingerprint density at radius 3 is 2.19 bits per heavy atom. The van der Waals surface area contributed by atoms with Crippen molar-refractivity contribution in [2.75, 3.05) is 0 Å². The Bertz CT molecular complexity index is 872. The Labute approximate surface area is 219 Å². The SMILES string of the molecule is CC(C)(C(O)C(F)(F)F)[C@H]1CC[C@H]2[C@@H]3CC=C4CC(O[Si](C)(C)C(C)(C)C)CC[C@]4(C)[C@H]3CC[C@]12C. The fraction of sp³-hybridized carbons (Fsp3) is 0.933. The standard InChI is InChI=1S/C30H51F3O2Si/c1-26(2,3)36(8,9)35-20-14-16-28(6)19(18-20)10-11-21-22-12-13-24(29(22,7)17-15-23(21)28)27(4,5)25(34)30(31,32)33/h10,20-25,34H,11-18H2,1-9H3/t20?,21-,22-,23-,24+,25?,28-,29-/m0/s1. The van der Waals surface area contributed by atoms with E-state index >= 15 is 0 Å². The zero-order valence-electron chi connectivity index (χ0n) is 24.2. The van der Waals surface area contributed by atoms with Crippen LogP contribution < -0.4 is 0 Å². The van der Waals surface area contributed by atoms with Crippen LogP contribution in [0, 0.1) is 39.9 Å². The van der Waals surface area contributed by atoms with Crippen molar-refractivity contribution in [1.29, 1.82) is 0 Å². The van der Waals surface area contributed by atoms with Gasteiger partial charge in [0.15, 0.2) is 14.4 Å². The highest BCUT2D eigenvalue weighted by atomic mass is 28.4. The Hall–Kier alpha value is -0.333. The van der Waals surface area contributed by atoms with Crippen LogP contribution in [0.5, 0.6) is 0 Å². The fourth-order valence-electron chi connectivity index (χ4n) is 9.16. The van der Waals surface area contributed by atoms with Crippen LogP contribution in [0.1, 0.15) is 99.8 Å². The lowest BCUT2D eigenvalue weighted by atomic mass is 9.46. The first-order chi connectivity index (χ1) is 16.2. The molecule has 0 spiro atoms. The molecule has 1 N–H and O–H groups in total. The van der Waals surface area contributed by atoms with Gasteiger partial charge in [-0.3, -0.25) is 0 Å². The summed E-state index contributed by atoms with van der Waals surface area (Å²) in [6.07, 6.45) is 4.20. The lowest BCUT2D eigenvalue weighted by molar-refractivity contribution is -0.249. The van der Waals surface area contributed by atoms with Crippen molar-refractivity contribution in [3.63, 3.8) is 0 Å². The minimum absolute atomic E-state index is 0.112. The van der Waals surface area contributed by atoms with Crippen LogP contribution in [0.15, 0.2) is 11.6 Å². The van der Waals surface area contributed by atoms with Crippen LogP contribution in [0.25, 0.3) is 0 Å². The van der Waals surface area contributed by atoms with Gasteiger partial charge in [0, 0.05) is 11.5 Å². The van der Waals surface area contributed by atoms with Gasteiger partial charge in [0.05, 0.1) is 0 Å². The van der Waals surface area contributed by atoms with Crippen LogP contribution in [-0.2, 0) is 4.43 Å². The van der Waals surface area contributed by atoms with E-state index in [4.69, 9.17) is 4.43 Å². The van der Waals surface area contributed by atoms with Gasteiger partial charge in [-0.15, -0.1) is 0 Å². The van der Waals surface area contributed by atoms with Crippen molar-refractivity contribution in [3.05, 3.63) is 11.6 Å². The molecule has 8 atom stereocenters. The molecule has 0 aromatic carbocycles. The molecular weight excluding hydrogens is 477 g/mol. The molecule has 208 valence electrons. The molecule has 0 radical (unpaired) electrons. The number of aliphatic hydroxyl groups is 1. The molecule has 4 aliphatic carbocycles. The summed E-state index contributed by atoms with van der Waals surface area (Å²) < 4.78 is 47.6. The van der Waals surface area contributed by atoms with E-state index in [9.17, 15) is 18.3 Å². The van der Waals surface area contributed by atoms with E-state index in [1.165, 1.54) is 0 Å². The molecule has 0 amide bonds. The van der Waals surface area contributed by atoms with Crippen LogP contribution in [0.3, 0.4) is 0 Å². The van der Waals surface area contributed by atoms with Crippen LogP contribution in [0.2, 0.25) is 18.1 Å². The molecule has 4 rings (SSSR count). The van der Waals surface area contributed by atoms with E-state index in [1.54, 1.807) is 19.4 Å². The predicted molar refractivity (Wildman–Crippen MR) is 143 cm³/mol. The maximum Gasteiger partial charge on any atom is 0.414 e. The van der Waals surface area contributed by atoms with Crippen LogP contribution >= 0.6 is 0 Å². The number of hydrogen-bond acceptors (Lipinski definition) is 2. The monoisotopic (exact) mass is 528 g/mol. The zero-order chi connectivity index (χ0) is 27.1. The van der Waals surface area contributed by atoms with Gasteiger partial charge in [0.1, 0.15) is 0 Å².